The molecule has 0 heterocycles. The van der Waals surface area contributed by atoms with E-state index in [0.29, 0.717) is 12.5 Å². The minimum atomic E-state index is -0.115. The predicted octanol–water partition coefficient (Wildman–Crippen LogP) is 5.21. The summed E-state index contributed by atoms with van der Waals surface area (Å²) >= 11 is 0. The van der Waals surface area contributed by atoms with Gasteiger partial charge in [0.1, 0.15) is 0 Å². The van der Waals surface area contributed by atoms with E-state index in [4.69, 9.17) is 4.74 Å². The van der Waals surface area contributed by atoms with Crippen LogP contribution >= 0.6 is 0 Å². The molecule has 4 bridgehead atoms. The maximum absolute atomic E-state index is 12.6. The molecule has 5 rings (SSSR count). The molecule has 0 saturated heterocycles. The van der Waals surface area contributed by atoms with Gasteiger partial charge in [0.05, 0.1) is 12.2 Å². The molecule has 25 heavy (non-hydrogen) atoms. The average molecular weight is 336 g/mol. The Morgan fingerprint density at radius 1 is 1.08 bits per heavy atom. The van der Waals surface area contributed by atoms with Gasteiger partial charge in [-0.25, -0.2) is 4.79 Å². The minimum absolute atomic E-state index is 0.115. The van der Waals surface area contributed by atoms with Gasteiger partial charge in [-0.15, -0.1) is 0 Å². The van der Waals surface area contributed by atoms with E-state index in [-0.39, 0.29) is 5.97 Å². The number of carbonyl (C=O) groups excluding carboxylic acids is 1. The van der Waals surface area contributed by atoms with E-state index >= 15 is 0 Å². The first-order valence-corrected chi connectivity index (χ1v) is 10.2. The molecule has 0 aromatic heterocycles. The van der Waals surface area contributed by atoms with Crippen LogP contribution in [0.3, 0.4) is 0 Å². The predicted molar refractivity (Wildman–Crippen MR) is 98.3 cm³/mol. The Kier molecular flexibility index (Phi) is 3.76. The van der Waals surface area contributed by atoms with Gasteiger partial charge in [-0.1, -0.05) is 43.7 Å². The fraction of sp³-hybridized carbons (Fsp3) is 0.609. The molecule has 4 aliphatic rings. The minimum Gasteiger partial charge on any atom is -0.462 e. The highest BCUT2D eigenvalue weighted by Crippen LogP contribution is 2.68. The van der Waals surface area contributed by atoms with Gasteiger partial charge in [-0.05, 0) is 78.7 Å². The third-order valence-corrected chi connectivity index (χ3v) is 7.58. The molecule has 1 aromatic rings. The molecule has 132 valence electrons. The molecular weight excluding hydrogens is 308 g/mol. The van der Waals surface area contributed by atoms with Gasteiger partial charge in [0.2, 0.25) is 0 Å². The van der Waals surface area contributed by atoms with Crippen LogP contribution in [0.15, 0.2) is 36.4 Å². The fourth-order valence-electron chi connectivity index (χ4n) is 6.77. The normalized spacial score (nSPS) is 39.8. The van der Waals surface area contributed by atoms with E-state index in [9.17, 15) is 4.79 Å². The molecule has 2 nitrogen and oxygen atoms in total. The number of fused-ring (bicyclic) bond motifs is 9. The Labute approximate surface area is 150 Å². The Morgan fingerprint density at radius 2 is 1.88 bits per heavy atom. The lowest BCUT2D eigenvalue weighted by Crippen LogP contribution is -2.30. The highest BCUT2D eigenvalue weighted by molar-refractivity contribution is 5.91. The zero-order valence-electron chi connectivity index (χ0n) is 15.1. The topological polar surface area (TPSA) is 26.3 Å². The number of hydrogen-bond donors (Lipinski definition) is 0. The first-order chi connectivity index (χ1) is 12.3. The van der Waals surface area contributed by atoms with Crippen LogP contribution in [0.2, 0.25) is 0 Å². The average Bonchev–Trinajstić information content (AvgIpc) is 3.40. The summed E-state index contributed by atoms with van der Waals surface area (Å²) in [5.74, 6) is 5.60. The molecule has 3 saturated carbocycles. The summed E-state index contributed by atoms with van der Waals surface area (Å²) in [5.41, 5.74) is 2.09. The molecule has 7 atom stereocenters. The van der Waals surface area contributed by atoms with Crippen molar-refractivity contribution in [3.63, 3.8) is 0 Å². The smallest absolute Gasteiger partial charge is 0.338 e. The lowest BCUT2D eigenvalue weighted by atomic mass is 9.67. The highest BCUT2D eigenvalue weighted by Gasteiger charge is 2.61. The number of benzene rings is 1. The molecule has 0 radical (unpaired) electrons. The third kappa shape index (κ3) is 2.33. The number of hydrogen-bond acceptors (Lipinski definition) is 2. The fourth-order valence-corrected chi connectivity index (χ4v) is 6.77. The number of rotatable bonds is 5. The van der Waals surface area contributed by atoms with Crippen LogP contribution < -0.4 is 0 Å². The van der Waals surface area contributed by atoms with E-state index in [2.05, 4.69) is 31.2 Å². The van der Waals surface area contributed by atoms with Crippen molar-refractivity contribution in [1.29, 1.82) is 0 Å². The van der Waals surface area contributed by atoms with E-state index in [1.807, 2.05) is 12.1 Å². The van der Waals surface area contributed by atoms with Crippen LogP contribution in [-0.2, 0) is 4.74 Å². The SMILES string of the molecule is CCCCOC(=O)c1ccccc1C1CC2CC1C1C3C=CC(C3)C21. The van der Waals surface area contributed by atoms with Gasteiger partial charge in [0.15, 0.2) is 0 Å². The molecule has 2 heteroatoms. The van der Waals surface area contributed by atoms with Crippen molar-refractivity contribution in [2.24, 2.45) is 35.5 Å². The van der Waals surface area contributed by atoms with Gasteiger partial charge in [0, 0.05) is 0 Å². The van der Waals surface area contributed by atoms with Crippen molar-refractivity contribution < 1.29 is 9.53 Å². The van der Waals surface area contributed by atoms with Crippen LogP contribution in [0.5, 0.6) is 0 Å². The van der Waals surface area contributed by atoms with Crippen LogP contribution in [0.25, 0.3) is 0 Å². The van der Waals surface area contributed by atoms with Crippen molar-refractivity contribution in [1.82, 2.24) is 0 Å². The monoisotopic (exact) mass is 336 g/mol. The Hall–Kier alpha value is -1.57. The largest absolute Gasteiger partial charge is 0.462 e. The number of esters is 1. The second kappa shape index (κ2) is 6.00. The Morgan fingerprint density at radius 3 is 2.72 bits per heavy atom. The zero-order valence-corrected chi connectivity index (χ0v) is 15.1. The second-order valence-corrected chi connectivity index (χ2v) is 8.68. The van der Waals surface area contributed by atoms with Crippen molar-refractivity contribution in [2.45, 2.75) is 44.9 Å². The molecular formula is C23H28O2. The summed E-state index contributed by atoms with van der Waals surface area (Å²) in [6.45, 7) is 2.66. The molecule has 7 unspecified atom stereocenters. The van der Waals surface area contributed by atoms with Gasteiger partial charge in [-0.2, -0.15) is 0 Å². The summed E-state index contributed by atoms with van der Waals surface area (Å²) in [6.07, 6.45) is 11.1. The summed E-state index contributed by atoms with van der Waals surface area (Å²) in [6, 6.07) is 8.26. The molecule has 0 aliphatic heterocycles. The Bertz CT molecular complexity index is 706. The van der Waals surface area contributed by atoms with Gasteiger partial charge < -0.3 is 4.74 Å². The van der Waals surface area contributed by atoms with Gasteiger partial charge in [-0.3, -0.25) is 0 Å². The first-order valence-electron chi connectivity index (χ1n) is 10.2. The molecule has 0 N–H and O–H groups in total. The summed E-state index contributed by atoms with van der Waals surface area (Å²) in [4.78, 5) is 12.6. The van der Waals surface area contributed by atoms with Crippen LogP contribution in [0.1, 0.15) is 60.9 Å². The first kappa shape index (κ1) is 15.7. The maximum Gasteiger partial charge on any atom is 0.338 e. The number of carbonyl (C=O) groups is 1. The standard InChI is InChI=1S/C23H28O2/c1-2-3-10-25-23(24)18-7-5-4-6-17(18)19-12-16-13-20(19)22-15-9-8-14(11-15)21(16)22/h4-9,14-16,19-22H,2-3,10-13H2,1H3. The van der Waals surface area contributed by atoms with Crippen LogP contribution in [0.4, 0.5) is 0 Å². The maximum atomic E-state index is 12.6. The molecule has 1 aromatic carbocycles. The lowest BCUT2D eigenvalue weighted by molar-refractivity contribution is 0.0496. The van der Waals surface area contributed by atoms with Crippen molar-refractivity contribution >= 4 is 5.97 Å². The molecule has 3 fully saturated rings. The van der Waals surface area contributed by atoms with Crippen molar-refractivity contribution in [3.05, 3.63) is 47.5 Å². The quantitative estimate of drug-likeness (QED) is 0.319. The Balaban J connectivity index is 1.40. The summed E-state index contributed by atoms with van der Waals surface area (Å²) in [5, 5.41) is 0. The van der Waals surface area contributed by atoms with E-state index in [1.54, 1.807) is 0 Å². The molecule has 4 aliphatic carbocycles. The van der Waals surface area contributed by atoms with E-state index in [1.165, 1.54) is 24.8 Å². The van der Waals surface area contributed by atoms with Crippen molar-refractivity contribution in [2.75, 3.05) is 6.61 Å². The van der Waals surface area contributed by atoms with E-state index < -0.39 is 0 Å². The number of allylic oxidation sites excluding steroid dienone is 2. The molecule has 0 spiro atoms. The number of unbranched alkanes of at least 4 members (excludes halogenated alkanes) is 1. The number of ether oxygens (including phenoxy) is 1. The summed E-state index contributed by atoms with van der Waals surface area (Å²) < 4.78 is 5.53. The lowest BCUT2D eigenvalue weighted by Gasteiger charge is -2.37. The van der Waals surface area contributed by atoms with Gasteiger partial charge in [0.25, 0.3) is 0 Å². The van der Waals surface area contributed by atoms with Crippen molar-refractivity contribution in [3.8, 4) is 0 Å². The van der Waals surface area contributed by atoms with Crippen LogP contribution in [-0.4, -0.2) is 12.6 Å². The van der Waals surface area contributed by atoms with E-state index in [0.717, 1.165) is 53.9 Å². The highest BCUT2D eigenvalue weighted by atomic mass is 16.5. The molecule has 0 amide bonds. The third-order valence-electron chi connectivity index (χ3n) is 7.58. The van der Waals surface area contributed by atoms with Gasteiger partial charge >= 0.3 is 5.97 Å². The van der Waals surface area contributed by atoms with Crippen LogP contribution in [0, 0.1) is 35.5 Å². The zero-order chi connectivity index (χ0) is 17.0. The summed E-state index contributed by atoms with van der Waals surface area (Å²) in [7, 11) is 0. The second-order valence-electron chi connectivity index (χ2n) is 8.68.